The zero-order chi connectivity index (χ0) is 30.6. The summed E-state index contributed by atoms with van der Waals surface area (Å²) < 4.78 is 22.7. The zero-order valence-corrected chi connectivity index (χ0v) is 25.1. The number of likely N-dealkylation sites (tertiary alicyclic amines) is 1. The highest BCUT2D eigenvalue weighted by atomic mass is 16.5. The third-order valence-corrected chi connectivity index (χ3v) is 8.88. The largest absolute Gasteiger partial charge is 0.484 e. The molecular weight excluding hydrogens is 564 g/mol. The number of carbonyl (C=O) groups is 4. The molecule has 10 heteroatoms. The maximum atomic E-state index is 13.0. The Balaban J connectivity index is 1.08. The van der Waals surface area contributed by atoms with Crippen LogP contribution in [-0.2, 0) is 28.6 Å². The lowest BCUT2D eigenvalue weighted by Gasteiger charge is -2.33. The van der Waals surface area contributed by atoms with E-state index in [1.807, 2.05) is 6.92 Å². The molecule has 2 aromatic carbocycles. The van der Waals surface area contributed by atoms with Crippen molar-refractivity contribution in [3.63, 3.8) is 0 Å². The quantitative estimate of drug-likeness (QED) is 0.403. The van der Waals surface area contributed by atoms with Gasteiger partial charge in [-0.2, -0.15) is 0 Å². The number of cyclic esters (lactones) is 1. The number of nitrogens with one attached hydrogen (secondary N) is 1. The molecule has 3 heterocycles. The molecule has 2 amide bonds. The summed E-state index contributed by atoms with van der Waals surface area (Å²) in [6, 6.07) is 14.8. The Hall–Kier alpha value is -3.92. The normalized spacial score (nSPS) is 24.7. The molecule has 44 heavy (non-hydrogen) atoms. The van der Waals surface area contributed by atoms with E-state index in [2.05, 4.69) is 29.6 Å². The first-order valence-electron chi connectivity index (χ1n) is 15.8. The van der Waals surface area contributed by atoms with Crippen LogP contribution in [0, 0.1) is 5.92 Å². The van der Waals surface area contributed by atoms with Gasteiger partial charge in [0.2, 0.25) is 11.8 Å². The fourth-order valence-corrected chi connectivity index (χ4v) is 6.21. The van der Waals surface area contributed by atoms with Gasteiger partial charge in [0.25, 0.3) is 0 Å². The third kappa shape index (κ3) is 7.23. The molecule has 1 N–H and O–H groups in total. The van der Waals surface area contributed by atoms with Crippen LogP contribution in [0.5, 0.6) is 5.75 Å². The Labute approximate surface area is 257 Å². The van der Waals surface area contributed by atoms with Crippen molar-refractivity contribution in [1.29, 1.82) is 0 Å². The fourth-order valence-electron chi connectivity index (χ4n) is 6.21. The number of rotatable bonds is 10. The van der Waals surface area contributed by atoms with Gasteiger partial charge in [0.15, 0.2) is 0 Å². The SMILES string of the molecule is C[C@H](NC(=O)[C@@H]1CCCO1)[C@H](Oc1ccc(C(=O)O[C@H]2CCCN(C(=O)[C@@H]3COC(=O)C3)C2)cc1)c1ccc(C2CC2)cc1. The van der Waals surface area contributed by atoms with Gasteiger partial charge >= 0.3 is 11.9 Å². The molecule has 6 rings (SSSR count). The van der Waals surface area contributed by atoms with E-state index in [-0.39, 0.29) is 36.9 Å². The van der Waals surface area contributed by atoms with Crippen LogP contribution in [0.1, 0.15) is 85.4 Å². The Kier molecular flexibility index (Phi) is 9.16. The number of nitrogens with zero attached hydrogens (tertiary/aromatic N) is 1. The van der Waals surface area contributed by atoms with Crippen molar-refractivity contribution in [2.24, 2.45) is 5.92 Å². The van der Waals surface area contributed by atoms with Crippen LogP contribution < -0.4 is 10.1 Å². The van der Waals surface area contributed by atoms with Gasteiger partial charge in [0.05, 0.1) is 30.5 Å². The predicted molar refractivity (Wildman–Crippen MR) is 159 cm³/mol. The molecule has 10 nitrogen and oxygen atoms in total. The molecule has 2 aromatic rings. The van der Waals surface area contributed by atoms with E-state index in [1.54, 1.807) is 29.2 Å². The standard InChI is InChI=1S/C34H40N2O8/c1-21(35-32(38)29-5-3-17-41-29)31(24-10-8-23(9-11-24)22-6-7-22)43-27-14-12-25(13-15-27)34(40)44-28-4-2-16-36(19-28)33(39)26-18-30(37)42-20-26/h8-15,21-22,26,28-29,31H,2-7,16-20H2,1H3,(H,35,38)/t21-,26-,28-,29-,31-/m0/s1. The first kappa shape index (κ1) is 30.1. The molecule has 3 saturated heterocycles. The lowest BCUT2D eigenvalue weighted by Crippen LogP contribution is -2.46. The summed E-state index contributed by atoms with van der Waals surface area (Å²) in [5.74, 6) is -0.362. The van der Waals surface area contributed by atoms with Crippen molar-refractivity contribution in [1.82, 2.24) is 10.2 Å². The molecule has 0 unspecified atom stereocenters. The first-order valence-corrected chi connectivity index (χ1v) is 15.8. The molecule has 5 atom stereocenters. The Bertz CT molecular complexity index is 1350. The summed E-state index contributed by atoms with van der Waals surface area (Å²) in [6.07, 6.45) is 4.17. The van der Waals surface area contributed by atoms with Crippen LogP contribution in [0.3, 0.4) is 0 Å². The van der Waals surface area contributed by atoms with Crippen molar-refractivity contribution >= 4 is 23.8 Å². The highest BCUT2D eigenvalue weighted by Gasteiger charge is 2.36. The van der Waals surface area contributed by atoms with Gasteiger partial charge in [-0.05, 0) is 86.8 Å². The van der Waals surface area contributed by atoms with Crippen LogP contribution in [0.4, 0.5) is 0 Å². The summed E-state index contributed by atoms with van der Waals surface area (Å²) in [7, 11) is 0. The predicted octanol–water partition coefficient (Wildman–Crippen LogP) is 4.08. The van der Waals surface area contributed by atoms with E-state index >= 15 is 0 Å². The molecule has 0 bridgehead atoms. The molecule has 4 fully saturated rings. The van der Waals surface area contributed by atoms with Gasteiger partial charge in [-0.1, -0.05) is 24.3 Å². The Morgan fingerprint density at radius 2 is 1.75 bits per heavy atom. The van der Waals surface area contributed by atoms with Crippen LogP contribution >= 0.6 is 0 Å². The van der Waals surface area contributed by atoms with E-state index < -0.39 is 30.2 Å². The molecule has 1 aliphatic carbocycles. The van der Waals surface area contributed by atoms with Crippen molar-refractivity contribution < 1.29 is 38.1 Å². The third-order valence-electron chi connectivity index (χ3n) is 8.88. The Morgan fingerprint density at radius 1 is 0.977 bits per heavy atom. The van der Waals surface area contributed by atoms with Gasteiger partial charge in [-0.15, -0.1) is 0 Å². The van der Waals surface area contributed by atoms with Gasteiger partial charge in [-0.3, -0.25) is 14.4 Å². The lowest BCUT2D eigenvalue weighted by molar-refractivity contribution is -0.139. The molecule has 3 aliphatic heterocycles. The number of amides is 2. The molecule has 4 aliphatic rings. The van der Waals surface area contributed by atoms with E-state index in [4.69, 9.17) is 18.9 Å². The monoisotopic (exact) mass is 604 g/mol. The summed E-state index contributed by atoms with van der Waals surface area (Å²) >= 11 is 0. The number of piperidine rings is 1. The second-order valence-corrected chi connectivity index (χ2v) is 12.3. The van der Waals surface area contributed by atoms with Crippen molar-refractivity contribution in [3.05, 3.63) is 65.2 Å². The van der Waals surface area contributed by atoms with Crippen LogP contribution in [-0.4, -0.2) is 73.2 Å². The number of hydrogen-bond acceptors (Lipinski definition) is 8. The van der Waals surface area contributed by atoms with E-state index in [0.717, 1.165) is 12.0 Å². The molecular formula is C34H40N2O8. The summed E-state index contributed by atoms with van der Waals surface area (Å²) in [4.78, 5) is 51.7. The zero-order valence-electron chi connectivity index (χ0n) is 25.1. The van der Waals surface area contributed by atoms with Gasteiger partial charge in [0, 0.05) is 13.2 Å². The molecule has 1 saturated carbocycles. The maximum Gasteiger partial charge on any atom is 0.338 e. The van der Waals surface area contributed by atoms with E-state index in [0.29, 0.717) is 56.2 Å². The molecule has 234 valence electrons. The van der Waals surface area contributed by atoms with Crippen molar-refractivity contribution in [3.8, 4) is 5.75 Å². The number of benzene rings is 2. The second-order valence-electron chi connectivity index (χ2n) is 12.3. The minimum absolute atomic E-state index is 0.0981. The number of esters is 2. The number of carbonyl (C=O) groups excluding carboxylic acids is 4. The smallest absolute Gasteiger partial charge is 0.338 e. The van der Waals surface area contributed by atoms with Crippen LogP contribution in [0.15, 0.2) is 48.5 Å². The highest BCUT2D eigenvalue weighted by molar-refractivity contribution is 5.90. The summed E-state index contributed by atoms with van der Waals surface area (Å²) in [5.41, 5.74) is 2.64. The minimum Gasteiger partial charge on any atom is -0.484 e. The second kappa shape index (κ2) is 13.4. The average Bonchev–Trinajstić information content (AvgIpc) is 3.55. The fraction of sp³-hybridized carbons (Fsp3) is 0.529. The Morgan fingerprint density at radius 3 is 2.41 bits per heavy atom. The van der Waals surface area contributed by atoms with Crippen molar-refractivity contribution in [2.75, 3.05) is 26.3 Å². The van der Waals surface area contributed by atoms with Crippen LogP contribution in [0.25, 0.3) is 0 Å². The molecule has 0 spiro atoms. The molecule has 0 radical (unpaired) electrons. The topological polar surface area (TPSA) is 120 Å². The van der Waals surface area contributed by atoms with Crippen LogP contribution in [0.2, 0.25) is 0 Å². The van der Waals surface area contributed by atoms with Gasteiger partial charge in [0.1, 0.15) is 30.7 Å². The summed E-state index contributed by atoms with van der Waals surface area (Å²) in [6.45, 7) is 3.50. The van der Waals surface area contributed by atoms with Gasteiger partial charge < -0.3 is 29.2 Å². The maximum absolute atomic E-state index is 13.0. The lowest BCUT2D eigenvalue weighted by atomic mass is 10.00. The molecule has 0 aromatic heterocycles. The van der Waals surface area contributed by atoms with E-state index in [1.165, 1.54) is 18.4 Å². The highest BCUT2D eigenvalue weighted by Crippen LogP contribution is 2.40. The summed E-state index contributed by atoms with van der Waals surface area (Å²) in [5, 5.41) is 3.08. The minimum atomic E-state index is -0.473. The number of hydrogen-bond donors (Lipinski definition) is 1. The van der Waals surface area contributed by atoms with E-state index in [9.17, 15) is 19.2 Å². The average molecular weight is 605 g/mol. The van der Waals surface area contributed by atoms with Crippen molar-refractivity contribution in [2.45, 2.75) is 82.1 Å². The first-order chi connectivity index (χ1) is 21.3. The van der Waals surface area contributed by atoms with Gasteiger partial charge in [-0.25, -0.2) is 4.79 Å². The number of ether oxygens (including phenoxy) is 4.